The van der Waals surface area contributed by atoms with Crippen LogP contribution < -0.4 is 4.90 Å². The van der Waals surface area contributed by atoms with Gasteiger partial charge in [-0.25, -0.2) is 0 Å². The fourth-order valence-corrected chi connectivity index (χ4v) is 6.37. The molecule has 8 aromatic carbocycles. The Morgan fingerprint density at radius 2 is 0.917 bits per heavy atom. The summed E-state index contributed by atoms with van der Waals surface area (Å²) in [5.41, 5.74) is 9.16. The second-order valence-electron chi connectivity index (χ2n) is 11.7. The minimum Gasteiger partial charge on any atom is -0.456 e. The molecule has 0 radical (unpaired) electrons. The van der Waals surface area contributed by atoms with E-state index >= 15 is 0 Å². The summed E-state index contributed by atoms with van der Waals surface area (Å²) in [6, 6.07) is 45.1. The van der Waals surface area contributed by atoms with Crippen molar-refractivity contribution in [3.8, 4) is 33.4 Å². The molecule has 1 heterocycles. The third kappa shape index (κ3) is 5.01. The van der Waals surface area contributed by atoms with Crippen molar-refractivity contribution in [2.75, 3.05) is 4.90 Å². The molecule has 0 unspecified atom stereocenters. The predicted molar refractivity (Wildman–Crippen MR) is 202 cm³/mol. The van der Waals surface area contributed by atoms with Gasteiger partial charge in [0.05, 0.1) is 15.3 Å². The molecule has 226 valence electrons. The van der Waals surface area contributed by atoms with Crippen LogP contribution in [0.25, 0.3) is 66.1 Å². The topological polar surface area (TPSA) is 16.4 Å². The Kier molecular flexibility index (Phi) is 5.25. The van der Waals surface area contributed by atoms with Crippen LogP contribution >= 0.6 is 0 Å². The zero-order valence-electron chi connectivity index (χ0n) is 32.7. The molecule has 0 amide bonds. The lowest BCUT2D eigenvalue weighted by molar-refractivity contribution is 0.669. The number of benzene rings is 8. The van der Waals surface area contributed by atoms with Gasteiger partial charge in [-0.2, -0.15) is 0 Å². The monoisotopic (exact) mass is 620 g/mol. The summed E-state index contributed by atoms with van der Waals surface area (Å²) in [5, 5.41) is 2.08. The Morgan fingerprint density at radius 3 is 1.62 bits per heavy atom. The van der Waals surface area contributed by atoms with Crippen molar-refractivity contribution in [3.63, 3.8) is 0 Å². The van der Waals surface area contributed by atoms with Crippen molar-refractivity contribution in [1.29, 1.82) is 0 Å². The van der Waals surface area contributed by atoms with E-state index in [2.05, 4.69) is 42.5 Å². The van der Waals surface area contributed by atoms with Crippen molar-refractivity contribution < 1.29 is 14.0 Å². The fraction of sp³-hybridized carbons (Fsp3) is 0. The number of rotatable bonds is 6. The van der Waals surface area contributed by atoms with Crippen molar-refractivity contribution >= 4 is 49.8 Å². The molecule has 0 saturated carbocycles. The van der Waals surface area contributed by atoms with Gasteiger partial charge < -0.3 is 9.32 Å². The third-order valence-corrected chi connectivity index (χ3v) is 8.80. The molecule has 0 aliphatic rings. The first-order valence-corrected chi connectivity index (χ1v) is 15.8. The van der Waals surface area contributed by atoms with Crippen molar-refractivity contribution in [3.05, 3.63) is 188 Å². The minimum atomic E-state index is -0.487. The van der Waals surface area contributed by atoms with Gasteiger partial charge in [0, 0.05) is 27.5 Å². The van der Waals surface area contributed by atoms with Gasteiger partial charge in [-0.05, 0) is 87.3 Å². The minimum absolute atomic E-state index is 0.0189. The molecular weight excluding hydrogens is 583 g/mol. The molecule has 0 saturated heterocycles. The third-order valence-electron chi connectivity index (χ3n) is 8.80. The van der Waals surface area contributed by atoms with Gasteiger partial charge in [0.2, 0.25) is 0 Å². The number of hydrogen-bond donors (Lipinski definition) is 0. The Hall–Kier alpha value is -6.38. The molecule has 48 heavy (non-hydrogen) atoms. The maximum Gasteiger partial charge on any atom is 0.135 e. The quantitative estimate of drug-likeness (QED) is 0.184. The first kappa shape index (κ1) is 21.4. The Labute approximate surface area is 289 Å². The lowest BCUT2D eigenvalue weighted by Crippen LogP contribution is -2.10. The number of hydrogen-bond acceptors (Lipinski definition) is 2. The standard InChI is InChI=1S/C46H31NO/c1-2-9-32(10-3-1)34-21-26-39(27-22-34)47(44-15-8-12-37-11-4-5-13-41(37)44)40-28-23-35(24-29-40)33-17-19-36(20-18-33)38-25-30-46-43(31-38)42-14-6-7-16-45(42)48-46/h1-31H/i4D,5D,8D,11D,12D,13D,15D. The van der Waals surface area contributed by atoms with Crippen molar-refractivity contribution in [1.82, 2.24) is 0 Å². The van der Waals surface area contributed by atoms with Crippen LogP contribution in [0.1, 0.15) is 9.60 Å². The van der Waals surface area contributed by atoms with E-state index in [4.69, 9.17) is 14.0 Å². The summed E-state index contributed by atoms with van der Waals surface area (Å²) in [6.07, 6.45) is 0. The van der Waals surface area contributed by atoms with Crippen LogP contribution in [0.4, 0.5) is 17.1 Å². The van der Waals surface area contributed by atoms with Gasteiger partial charge in [-0.15, -0.1) is 0 Å². The number of nitrogens with zero attached hydrogens (tertiary/aromatic N) is 1. The Morgan fingerprint density at radius 1 is 0.396 bits per heavy atom. The lowest BCUT2D eigenvalue weighted by Gasteiger charge is -2.27. The molecule has 0 bridgehead atoms. The fourth-order valence-electron chi connectivity index (χ4n) is 6.37. The number of anilines is 3. The largest absolute Gasteiger partial charge is 0.456 e. The van der Waals surface area contributed by atoms with Gasteiger partial charge in [0.25, 0.3) is 0 Å². The van der Waals surface area contributed by atoms with E-state index in [0.29, 0.717) is 11.4 Å². The van der Waals surface area contributed by atoms with Gasteiger partial charge >= 0.3 is 0 Å². The smallest absolute Gasteiger partial charge is 0.135 e. The Balaban J connectivity index is 1.14. The van der Waals surface area contributed by atoms with Gasteiger partial charge in [-0.1, -0.05) is 139 Å². The predicted octanol–water partition coefficient (Wildman–Crippen LogP) is 13.2. The van der Waals surface area contributed by atoms with E-state index in [9.17, 15) is 0 Å². The van der Waals surface area contributed by atoms with E-state index in [1.165, 1.54) is 0 Å². The highest BCUT2D eigenvalue weighted by atomic mass is 16.3. The molecule has 0 spiro atoms. The summed E-state index contributed by atoms with van der Waals surface area (Å²) in [4.78, 5) is 1.75. The summed E-state index contributed by atoms with van der Waals surface area (Å²) in [5.74, 6) is 0. The highest BCUT2D eigenvalue weighted by Gasteiger charge is 2.16. The maximum absolute atomic E-state index is 9.15. The van der Waals surface area contributed by atoms with Crippen molar-refractivity contribution in [2.45, 2.75) is 0 Å². The number of furan rings is 1. The zero-order chi connectivity index (χ0) is 38.0. The highest BCUT2D eigenvalue weighted by Crippen LogP contribution is 2.40. The summed E-state index contributed by atoms with van der Waals surface area (Å²) in [6.45, 7) is 0. The highest BCUT2D eigenvalue weighted by molar-refractivity contribution is 6.06. The molecule has 9 aromatic rings. The van der Waals surface area contributed by atoms with Crippen LogP contribution in [0.5, 0.6) is 0 Å². The summed E-state index contributed by atoms with van der Waals surface area (Å²) in [7, 11) is 0. The maximum atomic E-state index is 9.15. The molecule has 0 aliphatic heterocycles. The summed E-state index contributed by atoms with van der Waals surface area (Å²) < 4.78 is 67.0. The molecule has 9 rings (SSSR count). The van der Waals surface area contributed by atoms with E-state index in [-0.39, 0.29) is 28.5 Å². The second-order valence-corrected chi connectivity index (χ2v) is 11.7. The van der Waals surface area contributed by atoms with E-state index in [1.54, 1.807) is 4.90 Å². The molecule has 0 fully saturated rings. The average Bonchev–Trinajstić information content (AvgIpc) is 3.61. The van der Waals surface area contributed by atoms with Crippen LogP contribution in [0.3, 0.4) is 0 Å². The first-order chi connectivity index (χ1) is 26.7. The molecular formula is C46H31NO. The molecule has 1 aromatic heterocycles. The van der Waals surface area contributed by atoms with E-state index in [0.717, 1.165) is 55.3 Å². The molecule has 2 heteroatoms. The van der Waals surface area contributed by atoms with Crippen LogP contribution in [0.15, 0.2) is 192 Å². The van der Waals surface area contributed by atoms with E-state index in [1.807, 2.05) is 103 Å². The average molecular weight is 621 g/mol. The van der Waals surface area contributed by atoms with Crippen molar-refractivity contribution in [2.24, 2.45) is 0 Å². The second kappa shape index (κ2) is 11.8. The van der Waals surface area contributed by atoms with Crippen LogP contribution in [-0.2, 0) is 0 Å². The van der Waals surface area contributed by atoms with Crippen LogP contribution in [0, 0.1) is 0 Å². The molecule has 2 nitrogen and oxygen atoms in total. The van der Waals surface area contributed by atoms with E-state index < -0.39 is 30.2 Å². The SMILES string of the molecule is [2H]c1c([2H])c([2H])c2c(N(c3ccc(-c4ccccc4)cc3)c3ccc(-c4ccc(-c5ccc6oc7ccccc7c6c5)cc4)cc3)c([2H])c([2H])c([2H])c2c1[2H]. The zero-order valence-corrected chi connectivity index (χ0v) is 25.7. The van der Waals surface area contributed by atoms with Gasteiger partial charge in [0.15, 0.2) is 0 Å². The number of fused-ring (bicyclic) bond motifs is 4. The molecule has 0 aliphatic carbocycles. The van der Waals surface area contributed by atoms with Gasteiger partial charge in [0.1, 0.15) is 11.2 Å². The Bertz CT molecular complexity index is 2920. The van der Waals surface area contributed by atoms with Crippen LogP contribution in [-0.4, -0.2) is 0 Å². The molecule has 0 N–H and O–H groups in total. The van der Waals surface area contributed by atoms with Crippen LogP contribution in [0.2, 0.25) is 0 Å². The van der Waals surface area contributed by atoms with Gasteiger partial charge in [-0.3, -0.25) is 0 Å². The lowest BCUT2D eigenvalue weighted by atomic mass is 9.98. The first-order valence-electron chi connectivity index (χ1n) is 19.3. The summed E-state index contributed by atoms with van der Waals surface area (Å²) >= 11 is 0. The normalized spacial score (nSPS) is 13.4. The molecule has 0 atom stereocenters. The number of para-hydroxylation sites is 1.